The van der Waals surface area contributed by atoms with E-state index in [-0.39, 0.29) is 0 Å². The fourth-order valence-electron chi connectivity index (χ4n) is 0. The first-order chi connectivity index (χ1) is 3.55. The third kappa shape index (κ3) is 1.72. The van der Waals surface area contributed by atoms with Crippen LogP contribution >= 0.6 is 0 Å². The normalized spacial score (nSPS) is 19.0. The molecule has 0 rings (SSSR count). The molecule has 0 aromatic heterocycles. The maximum atomic E-state index is 9.78. The number of carboxylic acids is 1. The van der Waals surface area contributed by atoms with E-state index in [1.54, 1.807) is 0 Å². The van der Waals surface area contributed by atoms with Crippen molar-refractivity contribution in [2.24, 2.45) is 5.73 Å². The predicted molar refractivity (Wildman–Crippen MR) is 21.3 cm³/mol. The van der Waals surface area contributed by atoms with Gasteiger partial charge in [0, 0.05) is 2.74 Å². The Bertz CT molecular complexity index is 95.3. The molecule has 0 aliphatic rings. The van der Waals surface area contributed by atoms with Crippen LogP contribution in [0.15, 0.2) is 0 Å². The SMILES string of the molecule is [2H][13CH]([2H])[C@H](N)C(=O)O. The molecule has 0 aromatic rings. The van der Waals surface area contributed by atoms with Crippen molar-refractivity contribution in [1.82, 2.24) is 0 Å². The van der Waals surface area contributed by atoms with E-state index in [1.165, 1.54) is 0 Å². The Kier molecular flexibility index (Phi) is 0.759. The quantitative estimate of drug-likeness (QED) is 0.425. The van der Waals surface area contributed by atoms with E-state index in [4.69, 9.17) is 13.6 Å². The lowest BCUT2D eigenvalue weighted by molar-refractivity contribution is -0.138. The van der Waals surface area contributed by atoms with Gasteiger partial charge in [-0.3, -0.25) is 4.79 Å². The largest absolute Gasteiger partial charge is 0.480 e. The van der Waals surface area contributed by atoms with Gasteiger partial charge in [-0.1, -0.05) is 0 Å². The average molecular weight is 92.1 g/mol. The summed E-state index contributed by atoms with van der Waals surface area (Å²) in [5.74, 6) is -1.31. The van der Waals surface area contributed by atoms with Gasteiger partial charge in [0.1, 0.15) is 6.04 Å². The summed E-state index contributed by atoms with van der Waals surface area (Å²) in [5, 5.41) is 7.99. The Hall–Kier alpha value is -0.570. The van der Waals surface area contributed by atoms with Crippen LogP contribution in [0.1, 0.15) is 9.62 Å². The highest BCUT2D eigenvalue weighted by Crippen LogP contribution is 1.68. The van der Waals surface area contributed by atoms with Crippen molar-refractivity contribution in [1.29, 1.82) is 0 Å². The Balaban J connectivity index is 3.64. The van der Waals surface area contributed by atoms with Crippen LogP contribution in [-0.4, -0.2) is 17.1 Å². The molecule has 3 nitrogen and oxygen atoms in total. The maximum absolute atomic E-state index is 9.78. The standard InChI is InChI=1S/C3H7NO2/c1-2(4)3(5)6/h2H,4H2,1H3,(H,5,6)/t2-/m0/s1/i1+1D2. The summed E-state index contributed by atoms with van der Waals surface area (Å²) in [6, 6.07) is -1.38. The molecule has 0 saturated carbocycles. The summed E-state index contributed by atoms with van der Waals surface area (Å²) in [6.45, 7) is -1.48. The molecule has 0 aliphatic carbocycles. The molecular weight excluding hydrogens is 83.0 g/mol. The van der Waals surface area contributed by atoms with Crippen molar-refractivity contribution in [2.75, 3.05) is 0 Å². The van der Waals surface area contributed by atoms with Gasteiger partial charge in [-0.25, -0.2) is 0 Å². The molecule has 6 heavy (non-hydrogen) atoms. The van der Waals surface area contributed by atoms with E-state index < -0.39 is 18.9 Å². The molecule has 0 aliphatic heterocycles. The predicted octanol–water partition coefficient (Wildman–Crippen LogP) is -0.582. The fourth-order valence-corrected chi connectivity index (χ4v) is 0. The molecule has 0 radical (unpaired) electrons. The van der Waals surface area contributed by atoms with Crippen LogP contribution < -0.4 is 5.73 Å². The van der Waals surface area contributed by atoms with Crippen LogP contribution in [0, 0.1) is 0 Å². The van der Waals surface area contributed by atoms with E-state index in [0.29, 0.717) is 0 Å². The van der Waals surface area contributed by atoms with Crippen LogP contribution in [0.2, 0.25) is 0 Å². The first-order valence-corrected chi connectivity index (χ1v) is 1.38. The van der Waals surface area contributed by atoms with Gasteiger partial charge in [0.2, 0.25) is 0 Å². The summed E-state index contributed by atoms with van der Waals surface area (Å²) >= 11 is 0. The van der Waals surface area contributed by atoms with Crippen molar-refractivity contribution >= 4 is 5.97 Å². The summed E-state index contributed by atoms with van der Waals surface area (Å²) in [4.78, 5) is 9.78. The number of hydrogen-bond acceptors (Lipinski definition) is 2. The smallest absolute Gasteiger partial charge is 0.320 e. The van der Waals surface area contributed by atoms with Crippen molar-refractivity contribution in [3.8, 4) is 0 Å². The minimum absolute atomic E-state index is 1.31. The summed E-state index contributed by atoms with van der Waals surface area (Å²) in [6.07, 6.45) is 0. The lowest BCUT2D eigenvalue weighted by Crippen LogP contribution is -2.25. The van der Waals surface area contributed by atoms with Gasteiger partial charge in [-0.15, -0.1) is 0 Å². The first kappa shape index (κ1) is 2.58. The van der Waals surface area contributed by atoms with Gasteiger partial charge in [0.05, 0.1) is 0 Å². The second kappa shape index (κ2) is 1.77. The molecule has 0 amide bonds. The van der Waals surface area contributed by atoms with E-state index in [9.17, 15) is 4.79 Å². The van der Waals surface area contributed by atoms with Gasteiger partial charge in [-0.05, 0) is 6.88 Å². The van der Waals surface area contributed by atoms with Gasteiger partial charge >= 0.3 is 5.97 Å². The second-order valence-electron chi connectivity index (χ2n) is 0.864. The highest BCUT2D eigenvalue weighted by molar-refractivity contribution is 5.72. The number of carbonyl (C=O) groups is 1. The van der Waals surface area contributed by atoms with Crippen molar-refractivity contribution in [2.45, 2.75) is 12.9 Å². The first-order valence-electron chi connectivity index (χ1n) is 2.54. The second-order valence-corrected chi connectivity index (χ2v) is 0.864. The zero-order valence-electron chi connectivity index (χ0n) is 5.09. The number of hydrogen-bond donors (Lipinski definition) is 2. The molecule has 0 heterocycles. The van der Waals surface area contributed by atoms with E-state index >= 15 is 0 Å². The summed E-state index contributed by atoms with van der Waals surface area (Å²) in [7, 11) is 0. The minimum Gasteiger partial charge on any atom is -0.480 e. The van der Waals surface area contributed by atoms with Gasteiger partial charge in [-0.2, -0.15) is 0 Å². The Morgan fingerprint density at radius 2 is 2.83 bits per heavy atom. The Labute approximate surface area is 38.6 Å². The van der Waals surface area contributed by atoms with Crippen LogP contribution in [0.25, 0.3) is 0 Å². The Morgan fingerprint density at radius 1 is 2.33 bits per heavy atom. The number of carboxylic acid groups (broad SMARTS) is 1. The van der Waals surface area contributed by atoms with Gasteiger partial charge in [0.15, 0.2) is 0 Å². The summed E-state index contributed by atoms with van der Waals surface area (Å²) in [5.41, 5.74) is 4.78. The van der Waals surface area contributed by atoms with Gasteiger partial charge in [0.25, 0.3) is 0 Å². The van der Waals surface area contributed by atoms with Crippen LogP contribution in [0.5, 0.6) is 0 Å². The van der Waals surface area contributed by atoms with Crippen molar-refractivity contribution < 1.29 is 12.6 Å². The van der Waals surface area contributed by atoms with Gasteiger partial charge < -0.3 is 10.8 Å². The van der Waals surface area contributed by atoms with Crippen LogP contribution in [0.3, 0.4) is 0 Å². The zero-order valence-corrected chi connectivity index (χ0v) is 3.09. The monoisotopic (exact) mass is 92.1 g/mol. The van der Waals surface area contributed by atoms with Crippen LogP contribution in [0.4, 0.5) is 0 Å². The molecule has 1 atom stereocenters. The Morgan fingerprint density at radius 3 is 2.83 bits per heavy atom. The maximum Gasteiger partial charge on any atom is 0.320 e. The molecule has 3 heteroatoms. The van der Waals surface area contributed by atoms with Crippen molar-refractivity contribution in [3.63, 3.8) is 0 Å². The minimum atomic E-state index is -1.48. The van der Waals surface area contributed by atoms with E-state index in [1.807, 2.05) is 0 Å². The average Bonchev–Trinajstić information content (AvgIpc) is 1.64. The topological polar surface area (TPSA) is 63.3 Å². The lowest BCUT2D eigenvalue weighted by atomic mass is 10.5. The molecule has 0 saturated heterocycles. The van der Waals surface area contributed by atoms with Crippen LogP contribution in [-0.2, 0) is 4.79 Å². The molecule has 0 unspecified atom stereocenters. The zero-order chi connectivity index (χ0) is 6.73. The van der Waals surface area contributed by atoms with E-state index in [0.717, 1.165) is 0 Å². The number of rotatable bonds is 1. The molecule has 0 fully saturated rings. The molecule has 3 N–H and O–H groups in total. The molecular formula is C3H7NO2. The van der Waals surface area contributed by atoms with E-state index in [2.05, 4.69) is 0 Å². The third-order valence-electron chi connectivity index (χ3n) is 0.285. The molecule has 0 spiro atoms. The fraction of sp³-hybridized carbons (Fsp3) is 0.667. The molecule has 36 valence electrons. The lowest BCUT2D eigenvalue weighted by Gasteiger charge is -1.90. The number of aliphatic carboxylic acids is 1. The summed E-state index contributed by atoms with van der Waals surface area (Å²) < 4.78 is 12.9. The van der Waals surface area contributed by atoms with Crippen molar-refractivity contribution in [3.05, 3.63) is 0 Å². The highest BCUT2D eigenvalue weighted by atomic mass is 16.4. The molecule has 0 aromatic carbocycles. The third-order valence-corrected chi connectivity index (χ3v) is 0.285. The number of nitrogens with two attached hydrogens (primary N) is 1. The highest BCUT2D eigenvalue weighted by Gasteiger charge is 1.99. The molecule has 0 bridgehead atoms.